The van der Waals surface area contributed by atoms with Gasteiger partial charge in [-0.05, 0) is 46.6 Å². The topological polar surface area (TPSA) is 88.2 Å². The smallest absolute Gasteiger partial charge is 0.316 e. The molecule has 0 fully saturated rings. The van der Waals surface area contributed by atoms with E-state index in [4.69, 9.17) is 4.52 Å². The van der Waals surface area contributed by atoms with Gasteiger partial charge < -0.3 is 14.9 Å². The predicted octanol–water partition coefficient (Wildman–Crippen LogP) is 3.44. The fourth-order valence-corrected chi connectivity index (χ4v) is 2.42. The molecular formula is C17H14BrN3O3. The average molecular weight is 388 g/mol. The molecule has 7 heteroatoms. The van der Waals surface area contributed by atoms with Crippen LogP contribution in [0.5, 0.6) is 5.75 Å². The molecule has 0 aliphatic heterocycles. The number of aromatic hydroxyl groups is 1. The molecule has 0 spiro atoms. The van der Waals surface area contributed by atoms with Crippen LogP contribution in [0.3, 0.4) is 0 Å². The molecule has 3 rings (SSSR count). The van der Waals surface area contributed by atoms with Crippen LogP contribution in [0.25, 0.3) is 11.4 Å². The Balaban J connectivity index is 1.69. The van der Waals surface area contributed by atoms with Gasteiger partial charge in [-0.3, -0.25) is 4.79 Å². The van der Waals surface area contributed by atoms with Crippen molar-refractivity contribution in [3.05, 3.63) is 64.0 Å². The molecule has 0 atom stereocenters. The number of nitrogens with one attached hydrogen (secondary N) is 1. The molecule has 3 aromatic rings. The highest BCUT2D eigenvalue weighted by atomic mass is 79.9. The zero-order valence-corrected chi connectivity index (χ0v) is 14.4. The second kappa shape index (κ2) is 6.84. The number of nitrogens with zero attached hydrogens (tertiary/aromatic N) is 2. The number of hydrogen-bond donors (Lipinski definition) is 2. The van der Waals surface area contributed by atoms with Crippen LogP contribution >= 0.6 is 15.9 Å². The number of aryl methyl sites for hydroxylation is 1. The maximum atomic E-state index is 12.1. The van der Waals surface area contributed by atoms with E-state index in [0.29, 0.717) is 16.6 Å². The molecule has 2 N–H and O–H groups in total. The Morgan fingerprint density at radius 1 is 1.25 bits per heavy atom. The lowest BCUT2D eigenvalue weighted by molar-refractivity contribution is 0.0907. The number of hydrogen-bond acceptors (Lipinski definition) is 5. The minimum Gasteiger partial charge on any atom is -0.507 e. The van der Waals surface area contributed by atoms with Crippen LogP contribution in [-0.4, -0.2) is 21.2 Å². The molecule has 0 radical (unpaired) electrons. The van der Waals surface area contributed by atoms with Crippen LogP contribution in [0.1, 0.15) is 21.8 Å². The number of amides is 1. The van der Waals surface area contributed by atoms with Crippen LogP contribution < -0.4 is 5.32 Å². The largest absolute Gasteiger partial charge is 0.507 e. The third-order valence-electron chi connectivity index (χ3n) is 3.40. The molecule has 1 aromatic heterocycles. The number of phenols is 1. The monoisotopic (exact) mass is 387 g/mol. The molecule has 2 aromatic carbocycles. The molecule has 1 amide bonds. The van der Waals surface area contributed by atoms with E-state index in [2.05, 4.69) is 31.4 Å². The average Bonchev–Trinajstić information content (AvgIpc) is 3.07. The lowest BCUT2D eigenvalue weighted by Crippen LogP contribution is -2.23. The second-order valence-corrected chi connectivity index (χ2v) is 6.11. The van der Waals surface area contributed by atoms with Gasteiger partial charge in [0.05, 0.1) is 4.47 Å². The zero-order chi connectivity index (χ0) is 17.1. The Morgan fingerprint density at radius 3 is 2.71 bits per heavy atom. The first kappa shape index (κ1) is 16.2. The van der Waals surface area contributed by atoms with Gasteiger partial charge in [0.25, 0.3) is 0 Å². The summed E-state index contributed by atoms with van der Waals surface area (Å²) in [6.45, 7) is 2.38. The number of halogens is 1. The van der Waals surface area contributed by atoms with Crippen molar-refractivity contribution in [1.82, 2.24) is 15.5 Å². The van der Waals surface area contributed by atoms with Gasteiger partial charge in [-0.1, -0.05) is 35.0 Å². The number of carbonyl (C=O) groups is 1. The van der Waals surface area contributed by atoms with Gasteiger partial charge in [0.2, 0.25) is 5.82 Å². The van der Waals surface area contributed by atoms with E-state index in [1.165, 1.54) is 6.07 Å². The lowest BCUT2D eigenvalue weighted by Gasteiger charge is -2.02. The predicted molar refractivity (Wildman–Crippen MR) is 91.4 cm³/mol. The Morgan fingerprint density at radius 2 is 2.00 bits per heavy atom. The number of phenolic OH excluding ortho intramolecular Hbond substituents is 1. The van der Waals surface area contributed by atoms with E-state index >= 15 is 0 Å². The Hall–Kier alpha value is -2.67. The number of rotatable bonds is 4. The van der Waals surface area contributed by atoms with Crippen molar-refractivity contribution < 1.29 is 14.4 Å². The first-order valence-electron chi connectivity index (χ1n) is 7.19. The van der Waals surface area contributed by atoms with Crippen molar-refractivity contribution in [2.45, 2.75) is 13.5 Å². The first-order chi connectivity index (χ1) is 11.5. The molecular weight excluding hydrogens is 374 g/mol. The Labute approximate surface area is 146 Å². The van der Waals surface area contributed by atoms with Gasteiger partial charge in [-0.25, -0.2) is 0 Å². The molecule has 6 nitrogen and oxygen atoms in total. The van der Waals surface area contributed by atoms with E-state index in [-0.39, 0.29) is 17.5 Å². The SMILES string of the molecule is Cc1ccc(CNC(=O)c2nc(-c3ccc(O)c(Br)c3)no2)cc1. The van der Waals surface area contributed by atoms with Crippen LogP contribution in [0.4, 0.5) is 0 Å². The van der Waals surface area contributed by atoms with Gasteiger partial charge in [-0.2, -0.15) is 4.98 Å². The Kier molecular flexibility index (Phi) is 4.61. The number of benzene rings is 2. The molecule has 0 saturated carbocycles. The van der Waals surface area contributed by atoms with Crippen LogP contribution in [-0.2, 0) is 6.54 Å². The van der Waals surface area contributed by atoms with Gasteiger partial charge >= 0.3 is 11.8 Å². The fourth-order valence-electron chi connectivity index (χ4n) is 2.04. The minimum absolute atomic E-state index is 0.110. The number of carbonyl (C=O) groups excluding carboxylic acids is 1. The Bertz CT molecular complexity index is 875. The van der Waals surface area contributed by atoms with Gasteiger partial charge in [0.15, 0.2) is 0 Å². The minimum atomic E-state index is -0.438. The molecule has 1 heterocycles. The first-order valence-corrected chi connectivity index (χ1v) is 7.98. The van der Waals surface area contributed by atoms with Crippen molar-refractivity contribution in [1.29, 1.82) is 0 Å². The summed E-state index contributed by atoms with van der Waals surface area (Å²) in [7, 11) is 0. The normalized spacial score (nSPS) is 10.6. The van der Waals surface area contributed by atoms with Gasteiger partial charge in [0.1, 0.15) is 5.75 Å². The molecule has 0 bridgehead atoms. The highest BCUT2D eigenvalue weighted by Crippen LogP contribution is 2.28. The van der Waals surface area contributed by atoms with E-state index in [1.54, 1.807) is 12.1 Å². The fraction of sp³-hybridized carbons (Fsp3) is 0.118. The molecule has 0 unspecified atom stereocenters. The van der Waals surface area contributed by atoms with E-state index < -0.39 is 5.91 Å². The van der Waals surface area contributed by atoms with Crippen LogP contribution in [0.2, 0.25) is 0 Å². The van der Waals surface area contributed by atoms with Crippen molar-refractivity contribution in [3.8, 4) is 17.1 Å². The van der Waals surface area contributed by atoms with Crippen molar-refractivity contribution in [3.63, 3.8) is 0 Å². The van der Waals surface area contributed by atoms with Crippen molar-refractivity contribution in [2.24, 2.45) is 0 Å². The summed E-state index contributed by atoms with van der Waals surface area (Å²) in [5.74, 6) is -0.164. The van der Waals surface area contributed by atoms with Gasteiger partial charge in [-0.15, -0.1) is 0 Å². The van der Waals surface area contributed by atoms with E-state index in [1.807, 2.05) is 31.2 Å². The molecule has 24 heavy (non-hydrogen) atoms. The zero-order valence-electron chi connectivity index (χ0n) is 12.8. The van der Waals surface area contributed by atoms with Crippen LogP contribution in [0, 0.1) is 6.92 Å². The summed E-state index contributed by atoms with van der Waals surface area (Å²) in [6.07, 6.45) is 0. The summed E-state index contributed by atoms with van der Waals surface area (Å²) in [6, 6.07) is 12.6. The lowest BCUT2D eigenvalue weighted by atomic mass is 10.1. The summed E-state index contributed by atoms with van der Waals surface area (Å²) >= 11 is 3.22. The van der Waals surface area contributed by atoms with Gasteiger partial charge in [0, 0.05) is 12.1 Å². The van der Waals surface area contributed by atoms with E-state index in [9.17, 15) is 9.90 Å². The van der Waals surface area contributed by atoms with Crippen molar-refractivity contribution >= 4 is 21.8 Å². The van der Waals surface area contributed by atoms with Crippen molar-refractivity contribution in [2.75, 3.05) is 0 Å². The highest BCUT2D eigenvalue weighted by molar-refractivity contribution is 9.10. The van der Waals surface area contributed by atoms with Crippen LogP contribution in [0.15, 0.2) is 51.5 Å². The van der Waals surface area contributed by atoms with E-state index in [0.717, 1.165) is 11.1 Å². The third kappa shape index (κ3) is 3.62. The summed E-state index contributed by atoms with van der Waals surface area (Å²) < 4.78 is 5.52. The summed E-state index contributed by atoms with van der Waals surface area (Å²) in [4.78, 5) is 16.2. The molecule has 122 valence electrons. The quantitative estimate of drug-likeness (QED) is 0.715. The second-order valence-electron chi connectivity index (χ2n) is 5.26. The number of aromatic nitrogens is 2. The summed E-state index contributed by atoms with van der Waals surface area (Å²) in [5, 5.41) is 16.0. The standard InChI is InChI=1S/C17H14BrN3O3/c1-10-2-4-11(5-3-10)9-19-16(23)17-20-15(21-24-17)12-6-7-14(22)13(18)8-12/h2-8,22H,9H2,1H3,(H,19,23). The molecule has 0 saturated heterocycles. The maximum absolute atomic E-state index is 12.1. The highest BCUT2D eigenvalue weighted by Gasteiger charge is 2.16. The summed E-state index contributed by atoms with van der Waals surface area (Å²) in [5.41, 5.74) is 2.77. The maximum Gasteiger partial charge on any atom is 0.316 e. The third-order valence-corrected chi connectivity index (χ3v) is 4.03. The molecule has 0 aliphatic rings. The molecule has 0 aliphatic carbocycles.